The van der Waals surface area contributed by atoms with Crippen molar-refractivity contribution in [1.82, 2.24) is 5.32 Å². The molecule has 1 aromatic rings. The SMILES string of the molecule is C[C@@H](NC(=O)[C@@H]1CC=CC[C@@H]1C(=O)O)c1ccc(N2CCCC2=O)cc1. The molecule has 0 unspecified atom stereocenters. The number of carbonyl (C=O) groups is 3. The Labute approximate surface area is 152 Å². The third-order valence-corrected chi connectivity index (χ3v) is 5.22. The normalized spacial score (nSPS) is 23.7. The summed E-state index contributed by atoms with van der Waals surface area (Å²) in [7, 11) is 0. The molecule has 3 atom stereocenters. The van der Waals surface area contributed by atoms with Gasteiger partial charge in [-0.25, -0.2) is 0 Å². The molecule has 0 radical (unpaired) electrons. The van der Waals surface area contributed by atoms with E-state index in [1.807, 2.05) is 43.3 Å². The molecule has 3 rings (SSSR count). The molecule has 0 bridgehead atoms. The number of allylic oxidation sites excluding steroid dienone is 2. The zero-order valence-corrected chi connectivity index (χ0v) is 14.9. The van der Waals surface area contributed by atoms with Crippen molar-refractivity contribution < 1.29 is 19.5 Å². The number of anilines is 1. The second kappa shape index (κ2) is 7.72. The molecule has 1 aromatic carbocycles. The van der Waals surface area contributed by atoms with Gasteiger partial charge in [0.1, 0.15) is 0 Å². The average Bonchev–Trinajstić information content (AvgIpc) is 3.07. The predicted molar refractivity (Wildman–Crippen MR) is 97.6 cm³/mol. The average molecular weight is 356 g/mol. The number of nitrogens with zero attached hydrogens (tertiary/aromatic N) is 1. The van der Waals surface area contributed by atoms with Crippen LogP contribution in [-0.2, 0) is 14.4 Å². The fourth-order valence-corrected chi connectivity index (χ4v) is 3.64. The number of carboxylic acid groups (broad SMARTS) is 1. The molecule has 1 fully saturated rings. The molecule has 1 aliphatic heterocycles. The first kappa shape index (κ1) is 18.2. The molecule has 0 aromatic heterocycles. The highest BCUT2D eigenvalue weighted by atomic mass is 16.4. The molecule has 0 saturated carbocycles. The van der Waals surface area contributed by atoms with Crippen LogP contribution in [0.1, 0.15) is 44.2 Å². The monoisotopic (exact) mass is 356 g/mol. The van der Waals surface area contributed by atoms with E-state index < -0.39 is 17.8 Å². The van der Waals surface area contributed by atoms with E-state index >= 15 is 0 Å². The van der Waals surface area contributed by atoms with Gasteiger partial charge in [-0.15, -0.1) is 0 Å². The fourth-order valence-electron chi connectivity index (χ4n) is 3.64. The summed E-state index contributed by atoms with van der Waals surface area (Å²) < 4.78 is 0. The van der Waals surface area contributed by atoms with Crippen LogP contribution in [0.4, 0.5) is 5.69 Å². The molecule has 26 heavy (non-hydrogen) atoms. The van der Waals surface area contributed by atoms with Crippen LogP contribution in [0.5, 0.6) is 0 Å². The summed E-state index contributed by atoms with van der Waals surface area (Å²) >= 11 is 0. The minimum absolute atomic E-state index is 0.143. The van der Waals surface area contributed by atoms with Crippen molar-refractivity contribution >= 4 is 23.5 Å². The summed E-state index contributed by atoms with van der Waals surface area (Å²) in [6, 6.07) is 7.36. The van der Waals surface area contributed by atoms with Crippen molar-refractivity contribution in [1.29, 1.82) is 0 Å². The number of aliphatic carboxylic acids is 1. The molecule has 2 aliphatic rings. The Kier molecular flexibility index (Phi) is 5.40. The molecule has 6 nitrogen and oxygen atoms in total. The lowest BCUT2D eigenvalue weighted by atomic mass is 9.82. The smallest absolute Gasteiger partial charge is 0.307 e. The number of hydrogen-bond acceptors (Lipinski definition) is 3. The molecule has 0 spiro atoms. The number of carbonyl (C=O) groups excluding carboxylic acids is 2. The molecule has 6 heteroatoms. The number of carboxylic acids is 1. The minimum atomic E-state index is -0.929. The third kappa shape index (κ3) is 3.79. The first-order valence-corrected chi connectivity index (χ1v) is 9.06. The van der Waals surface area contributed by atoms with Crippen LogP contribution in [0.3, 0.4) is 0 Å². The van der Waals surface area contributed by atoms with Crippen molar-refractivity contribution in [3.8, 4) is 0 Å². The van der Waals surface area contributed by atoms with Gasteiger partial charge in [0.2, 0.25) is 11.8 Å². The van der Waals surface area contributed by atoms with Crippen molar-refractivity contribution in [2.75, 3.05) is 11.4 Å². The van der Waals surface area contributed by atoms with E-state index in [-0.39, 0.29) is 17.9 Å². The summed E-state index contributed by atoms with van der Waals surface area (Å²) in [4.78, 5) is 37.5. The Morgan fingerprint density at radius 3 is 2.38 bits per heavy atom. The summed E-state index contributed by atoms with van der Waals surface area (Å²) in [6.45, 7) is 2.62. The Hall–Kier alpha value is -2.63. The van der Waals surface area contributed by atoms with Crippen LogP contribution < -0.4 is 10.2 Å². The summed E-state index contributed by atoms with van der Waals surface area (Å²) in [5.74, 6) is -2.23. The summed E-state index contributed by atoms with van der Waals surface area (Å²) in [6.07, 6.45) is 6.01. The van der Waals surface area contributed by atoms with Crippen LogP contribution in [-0.4, -0.2) is 29.4 Å². The van der Waals surface area contributed by atoms with Crippen LogP contribution in [0, 0.1) is 11.8 Å². The van der Waals surface area contributed by atoms with E-state index in [0.29, 0.717) is 19.3 Å². The standard InChI is InChI=1S/C20H24N2O4/c1-13(21-19(24)16-5-2-3-6-17(16)20(25)26)14-8-10-15(11-9-14)22-12-4-7-18(22)23/h2-3,8-11,13,16-17H,4-7,12H2,1H3,(H,21,24)(H,25,26)/t13-,16-,17+/m1/s1. The maximum Gasteiger partial charge on any atom is 0.307 e. The van der Waals surface area contributed by atoms with Crippen LogP contribution >= 0.6 is 0 Å². The predicted octanol–water partition coefficient (Wildman–Crippen LogP) is 2.66. The Bertz CT molecular complexity index is 726. The van der Waals surface area contributed by atoms with Gasteiger partial charge in [-0.05, 0) is 43.9 Å². The van der Waals surface area contributed by atoms with Crippen molar-refractivity contribution in [2.24, 2.45) is 11.8 Å². The van der Waals surface area contributed by atoms with E-state index in [0.717, 1.165) is 24.2 Å². The van der Waals surface area contributed by atoms with Gasteiger partial charge >= 0.3 is 5.97 Å². The topological polar surface area (TPSA) is 86.7 Å². The van der Waals surface area contributed by atoms with Gasteiger partial charge in [0, 0.05) is 18.7 Å². The van der Waals surface area contributed by atoms with E-state index in [1.165, 1.54) is 0 Å². The molecule has 138 valence electrons. The highest BCUT2D eigenvalue weighted by Gasteiger charge is 2.34. The van der Waals surface area contributed by atoms with Gasteiger partial charge in [-0.3, -0.25) is 14.4 Å². The van der Waals surface area contributed by atoms with E-state index in [2.05, 4.69) is 5.32 Å². The van der Waals surface area contributed by atoms with Gasteiger partial charge in [-0.2, -0.15) is 0 Å². The van der Waals surface area contributed by atoms with E-state index in [1.54, 1.807) is 4.90 Å². The second-order valence-corrected chi connectivity index (χ2v) is 6.96. The van der Waals surface area contributed by atoms with Crippen molar-refractivity contribution in [2.45, 2.75) is 38.6 Å². The van der Waals surface area contributed by atoms with Crippen molar-refractivity contribution in [3.63, 3.8) is 0 Å². The first-order chi connectivity index (χ1) is 12.5. The molecule has 1 aliphatic carbocycles. The van der Waals surface area contributed by atoms with Gasteiger partial charge < -0.3 is 15.3 Å². The summed E-state index contributed by atoms with van der Waals surface area (Å²) in [5.41, 5.74) is 1.80. The molecule has 2 amide bonds. The maximum absolute atomic E-state index is 12.6. The molecule has 1 saturated heterocycles. The highest BCUT2D eigenvalue weighted by Crippen LogP contribution is 2.28. The fraction of sp³-hybridized carbons (Fsp3) is 0.450. The Balaban J connectivity index is 1.64. The number of amides is 2. The van der Waals surface area contributed by atoms with Crippen LogP contribution in [0.15, 0.2) is 36.4 Å². The molecular weight excluding hydrogens is 332 g/mol. The number of benzene rings is 1. The molecule has 2 N–H and O–H groups in total. The first-order valence-electron chi connectivity index (χ1n) is 9.06. The molecule has 1 heterocycles. The minimum Gasteiger partial charge on any atom is -0.481 e. The van der Waals surface area contributed by atoms with E-state index in [9.17, 15) is 19.5 Å². The van der Waals surface area contributed by atoms with Gasteiger partial charge in [0.05, 0.1) is 17.9 Å². The van der Waals surface area contributed by atoms with Crippen molar-refractivity contribution in [3.05, 3.63) is 42.0 Å². The lowest BCUT2D eigenvalue weighted by Gasteiger charge is -2.26. The van der Waals surface area contributed by atoms with Gasteiger partial charge in [0.15, 0.2) is 0 Å². The summed E-state index contributed by atoms with van der Waals surface area (Å²) in [5, 5.41) is 12.3. The second-order valence-electron chi connectivity index (χ2n) is 6.96. The highest BCUT2D eigenvalue weighted by molar-refractivity contribution is 5.95. The number of rotatable bonds is 5. The lowest BCUT2D eigenvalue weighted by molar-refractivity contribution is -0.147. The van der Waals surface area contributed by atoms with Gasteiger partial charge in [-0.1, -0.05) is 24.3 Å². The zero-order valence-electron chi connectivity index (χ0n) is 14.9. The van der Waals surface area contributed by atoms with Crippen LogP contribution in [0.2, 0.25) is 0 Å². The zero-order chi connectivity index (χ0) is 18.7. The maximum atomic E-state index is 12.6. The Morgan fingerprint density at radius 2 is 1.81 bits per heavy atom. The Morgan fingerprint density at radius 1 is 1.15 bits per heavy atom. The van der Waals surface area contributed by atoms with E-state index in [4.69, 9.17) is 0 Å². The largest absolute Gasteiger partial charge is 0.481 e. The number of nitrogens with one attached hydrogen (secondary N) is 1. The molecular formula is C20H24N2O4. The third-order valence-electron chi connectivity index (χ3n) is 5.22. The number of hydrogen-bond donors (Lipinski definition) is 2. The quantitative estimate of drug-likeness (QED) is 0.794. The van der Waals surface area contributed by atoms with Crippen LogP contribution in [0.25, 0.3) is 0 Å². The lowest BCUT2D eigenvalue weighted by Crippen LogP contribution is -2.39. The van der Waals surface area contributed by atoms with Gasteiger partial charge in [0.25, 0.3) is 0 Å².